The van der Waals surface area contributed by atoms with Crippen molar-refractivity contribution in [1.29, 1.82) is 0 Å². The molecule has 0 saturated carbocycles. The molecule has 0 fully saturated rings. The van der Waals surface area contributed by atoms with E-state index in [-0.39, 0.29) is 35.4 Å². The number of hydrogen-bond donors (Lipinski definition) is 5. The van der Waals surface area contributed by atoms with Crippen molar-refractivity contribution in [2.45, 2.75) is 23.9 Å². The predicted molar refractivity (Wildman–Crippen MR) is 183 cm³/mol. The number of hydrogen-bond acceptors (Lipinski definition) is 8. The van der Waals surface area contributed by atoms with Gasteiger partial charge in [-0.1, -0.05) is 103 Å². The lowest BCUT2D eigenvalue weighted by Gasteiger charge is -2.44. The minimum atomic E-state index is -2.05. The molecule has 1 aromatic heterocycles. The Morgan fingerprint density at radius 1 is 0.809 bits per heavy atom. The number of phenols is 2. The van der Waals surface area contributed by atoms with Crippen molar-refractivity contribution in [3.8, 4) is 11.5 Å². The third-order valence-electron chi connectivity index (χ3n) is 7.91. The summed E-state index contributed by atoms with van der Waals surface area (Å²) in [6.45, 7) is 0. The molecule has 4 aromatic carbocycles. The second-order valence-electron chi connectivity index (χ2n) is 10.8. The number of nitrogens with one attached hydrogen (secondary N) is 3. The number of carbonyl (C=O) groups is 3. The molecule has 0 bridgehead atoms. The van der Waals surface area contributed by atoms with Crippen LogP contribution in [0.5, 0.6) is 11.5 Å². The highest BCUT2D eigenvalue weighted by atomic mass is 32.1. The Hall–Kier alpha value is -5.58. The number of thiazole rings is 1. The number of amides is 2. The number of nitrogens with zero attached hydrogens (tertiary/aromatic N) is 1. The van der Waals surface area contributed by atoms with E-state index in [1.165, 1.54) is 48.7 Å². The fourth-order valence-corrected chi connectivity index (χ4v) is 6.03. The van der Waals surface area contributed by atoms with Crippen molar-refractivity contribution in [1.82, 2.24) is 15.6 Å². The summed E-state index contributed by atoms with van der Waals surface area (Å²) in [6, 6.07) is 32.7. The first kappa shape index (κ1) is 32.8. The summed E-state index contributed by atoms with van der Waals surface area (Å²) in [4.78, 5) is 46.5. The Bertz CT molecular complexity index is 1750. The van der Waals surface area contributed by atoms with Gasteiger partial charge in [-0.2, -0.15) is 0 Å². The Morgan fingerprint density at radius 2 is 1.38 bits per heavy atom. The van der Waals surface area contributed by atoms with Crippen LogP contribution in [-0.4, -0.2) is 45.4 Å². The number of anilines is 1. The van der Waals surface area contributed by atoms with Crippen LogP contribution in [0, 0.1) is 0 Å². The molecule has 0 saturated heterocycles. The molecular weight excluding hydrogens is 612 g/mol. The van der Waals surface area contributed by atoms with Crippen LogP contribution in [0.2, 0.25) is 0 Å². The van der Waals surface area contributed by atoms with E-state index in [1.54, 1.807) is 11.6 Å². The molecule has 5 N–H and O–H groups in total. The van der Waals surface area contributed by atoms with E-state index in [0.717, 1.165) is 16.7 Å². The van der Waals surface area contributed by atoms with E-state index in [0.29, 0.717) is 5.56 Å². The van der Waals surface area contributed by atoms with E-state index < -0.39 is 22.8 Å². The van der Waals surface area contributed by atoms with Gasteiger partial charge in [0.2, 0.25) is 5.91 Å². The first-order chi connectivity index (χ1) is 22.8. The van der Waals surface area contributed by atoms with E-state index in [1.807, 2.05) is 91.0 Å². The lowest BCUT2D eigenvalue weighted by molar-refractivity contribution is -0.133. The van der Waals surface area contributed by atoms with Gasteiger partial charge in [0.05, 0.1) is 5.54 Å². The summed E-state index contributed by atoms with van der Waals surface area (Å²) in [5.41, 5.74) is -0.644. The first-order valence-corrected chi connectivity index (χ1v) is 15.8. The third kappa shape index (κ3) is 7.14. The summed E-state index contributed by atoms with van der Waals surface area (Å²) in [6.07, 6.45) is 3.85. The van der Waals surface area contributed by atoms with Gasteiger partial charge in [0.1, 0.15) is 0 Å². The molecule has 0 aliphatic carbocycles. The Labute approximate surface area is 276 Å². The third-order valence-corrected chi connectivity index (χ3v) is 8.60. The normalized spacial score (nSPS) is 12.7. The largest absolute Gasteiger partial charge is 0.504 e. The molecule has 1 atom stereocenters. The monoisotopic (exact) mass is 646 g/mol. The Balaban J connectivity index is 1.77. The summed E-state index contributed by atoms with van der Waals surface area (Å²) in [5, 5.41) is 30.8. The fourth-order valence-electron chi connectivity index (χ4n) is 5.50. The van der Waals surface area contributed by atoms with Gasteiger partial charge in [-0.05, 0) is 46.9 Å². The highest BCUT2D eigenvalue weighted by Crippen LogP contribution is 2.40. The molecule has 0 aliphatic rings. The van der Waals surface area contributed by atoms with Crippen LogP contribution in [0.1, 0.15) is 35.1 Å². The van der Waals surface area contributed by atoms with Crippen LogP contribution >= 0.6 is 11.3 Å². The van der Waals surface area contributed by atoms with Gasteiger partial charge in [-0.3, -0.25) is 25.0 Å². The van der Waals surface area contributed by atoms with Crippen LogP contribution in [0.15, 0.2) is 127 Å². The lowest BCUT2D eigenvalue weighted by Crippen LogP contribution is -2.66. The standard InChI is InChI=1S/C37H34N4O5S/c1-38-33(45)21-22-36(34(46)40-35-39-23-24-47-35,32(44)20-18-26-17-19-30(42)31(43)25-26)41-37(27-11-5-2-6-12-27,28-13-7-3-8-14-28)29-15-9-4-10-16-29/h2-20,23-25,41-43H,21-22H2,1H3,(H,38,45)(H,39,40,46)/t36-/m1/s1. The maximum atomic E-state index is 14.8. The van der Waals surface area contributed by atoms with Crippen LogP contribution in [0.4, 0.5) is 5.13 Å². The van der Waals surface area contributed by atoms with Crippen molar-refractivity contribution in [2.24, 2.45) is 0 Å². The zero-order chi connectivity index (χ0) is 33.3. The Kier molecular flexibility index (Phi) is 10.2. The molecule has 0 aliphatic heterocycles. The zero-order valence-corrected chi connectivity index (χ0v) is 26.4. The number of aromatic nitrogens is 1. The number of aromatic hydroxyl groups is 2. The quantitative estimate of drug-likeness (QED) is 0.0484. The van der Waals surface area contributed by atoms with Gasteiger partial charge < -0.3 is 15.5 Å². The van der Waals surface area contributed by atoms with Crippen molar-refractivity contribution in [2.75, 3.05) is 12.4 Å². The second-order valence-corrected chi connectivity index (χ2v) is 11.7. The highest BCUT2D eigenvalue weighted by Gasteiger charge is 2.52. The van der Waals surface area contributed by atoms with Crippen molar-refractivity contribution >= 4 is 40.1 Å². The van der Waals surface area contributed by atoms with Gasteiger partial charge in [0.25, 0.3) is 5.91 Å². The lowest BCUT2D eigenvalue weighted by atomic mass is 9.73. The zero-order valence-electron chi connectivity index (χ0n) is 25.6. The molecule has 0 radical (unpaired) electrons. The molecule has 10 heteroatoms. The van der Waals surface area contributed by atoms with Crippen LogP contribution in [-0.2, 0) is 19.9 Å². The molecule has 5 rings (SSSR count). The van der Waals surface area contributed by atoms with Gasteiger partial charge >= 0.3 is 0 Å². The molecule has 1 heterocycles. The fraction of sp³-hybridized carbons (Fsp3) is 0.135. The molecule has 0 unspecified atom stereocenters. The summed E-state index contributed by atoms with van der Waals surface area (Å²) in [5.74, 6) is -2.37. The number of carbonyl (C=O) groups excluding carboxylic acids is 3. The molecule has 238 valence electrons. The van der Waals surface area contributed by atoms with Crippen molar-refractivity contribution < 1.29 is 24.6 Å². The average Bonchev–Trinajstić information content (AvgIpc) is 3.63. The van der Waals surface area contributed by atoms with Gasteiger partial charge in [-0.15, -0.1) is 11.3 Å². The smallest absolute Gasteiger partial charge is 0.254 e. The SMILES string of the molecule is CNC(=O)CC[C@@](NC(c1ccccc1)(c1ccccc1)c1ccccc1)(C(=O)C=Cc1ccc(O)c(O)c1)C(=O)Nc1nccs1. The van der Waals surface area contributed by atoms with E-state index in [9.17, 15) is 24.6 Å². The van der Waals surface area contributed by atoms with Gasteiger partial charge in [0, 0.05) is 25.0 Å². The summed E-state index contributed by atoms with van der Waals surface area (Å²) in [7, 11) is 1.49. The minimum Gasteiger partial charge on any atom is -0.504 e. The average molecular weight is 647 g/mol. The summed E-state index contributed by atoms with van der Waals surface area (Å²) >= 11 is 1.20. The summed E-state index contributed by atoms with van der Waals surface area (Å²) < 4.78 is 0. The second kappa shape index (κ2) is 14.7. The van der Waals surface area contributed by atoms with E-state index in [4.69, 9.17) is 0 Å². The maximum Gasteiger partial charge on any atom is 0.254 e. The minimum absolute atomic E-state index is 0.164. The highest BCUT2D eigenvalue weighted by molar-refractivity contribution is 7.13. The van der Waals surface area contributed by atoms with Gasteiger partial charge in [0.15, 0.2) is 28.0 Å². The van der Waals surface area contributed by atoms with Crippen molar-refractivity contribution in [3.05, 3.63) is 149 Å². The molecule has 5 aromatic rings. The number of ketones is 1. The maximum absolute atomic E-state index is 14.8. The molecule has 0 spiro atoms. The van der Waals surface area contributed by atoms with Crippen LogP contribution in [0.3, 0.4) is 0 Å². The van der Waals surface area contributed by atoms with Gasteiger partial charge in [-0.25, -0.2) is 4.98 Å². The molecular formula is C37H34N4O5S. The topological polar surface area (TPSA) is 141 Å². The van der Waals surface area contributed by atoms with E-state index >= 15 is 0 Å². The molecule has 9 nitrogen and oxygen atoms in total. The number of phenolic OH excluding ortho intramolecular Hbond substituents is 2. The first-order valence-electron chi connectivity index (χ1n) is 14.9. The number of rotatable bonds is 13. The van der Waals surface area contributed by atoms with Crippen LogP contribution in [0.25, 0.3) is 6.08 Å². The van der Waals surface area contributed by atoms with E-state index in [2.05, 4.69) is 20.9 Å². The molecule has 47 heavy (non-hydrogen) atoms. The predicted octanol–water partition coefficient (Wildman–Crippen LogP) is 5.62. The Morgan fingerprint density at radius 3 is 1.87 bits per heavy atom. The number of benzene rings is 4. The molecule has 2 amide bonds. The van der Waals surface area contributed by atoms with Crippen LogP contribution < -0.4 is 16.0 Å². The van der Waals surface area contributed by atoms with Crippen molar-refractivity contribution in [3.63, 3.8) is 0 Å².